The summed E-state index contributed by atoms with van der Waals surface area (Å²) >= 11 is 0. The monoisotopic (exact) mass is 387 g/mol. The normalized spacial score (nSPS) is 11.0. The Hall–Kier alpha value is -3.60. The number of benzene rings is 3. The van der Waals surface area contributed by atoms with Crippen LogP contribution in [0.4, 0.5) is 5.69 Å². The van der Waals surface area contributed by atoms with Gasteiger partial charge >= 0.3 is 5.97 Å². The number of carbonyl (C=O) groups excluding carboxylic acids is 2. The number of rotatable bonds is 5. The third-order valence-corrected chi connectivity index (χ3v) is 4.90. The topological polar surface area (TPSA) is 68.5 Å². The van der Waals surface area contributed by atoms with Crippen molar-refractivity contribution in [3.8, 4) is 0 Å². The van der Waals surface area contributed by atoms with Gasteiger partial charge < -0.3 is 14.5 Å². The Morgan fingerprint density at radius 2 is 1.86 bits per heavy atom. The summed E-state index contributed by atoms with van der Waals surface area (Å²) < 4.78 is 10.8. The maximum Gasteiger partial charge on any atom is 0.310 e. The first kappa shape index (κ1) is 18.7. The van der Waals surface area contributed by atoms with Gasteiger partial charge in [-0.05, 0) is 42.3 Å². The lowest BCUT2D eigenvalue weighted by Gasteiger charge is -2.09. The molecule has 0 aliphatic heterocycles. The number of nitrogens with one attached hydrogen (secondary N) is 1. The molecule has 0 spiro atoms. The van der Waals surface area contributed by atoms with Crippen LogP contribution in [0.15, 0.2) is 65.3 Å². The smallest absolute Gasteiger partial charge is 0.310 e. The highest BCUT2D eigenvalue weighted by atomic mass is 16.5. The summed E-state index contributed by atoms with van der Waals surface area (Å²) in [6.07, 6.45) is 1.62. The molecule has 0 fully saturated rings. The summed E-state index contributed by atoms with van der Waals surface area (Å²) in [6.45, 7) is 3.58. The van der Waals surface area contributed by atoms with Crippen LogP contribution in [-0.2, 0) is 20.7 Å². The number of carbonyl (C=O) groups is 2. The van der Waals surface area contributed by atoms with Crippen molar-refractivity contribution in [2.75, 3.05) is 11.9 Å². The molecule has 0 bridgehead atoms. The molecule has 0 aliphatic carbocycles. The van der Waals surface area contributed by atoms with Gasteiger partial charge in [0.1, 0.15) is 5.58 Å². The fraction of sp³-hybridized carbons (Fsp3) is 0.167. The molecule has 0 radical (unpaired) electrons. The predicted molar refractivity (Wildman–Crippen MR) is 113 cm³/mol. The highest BCUT2D eigenvalue weighted by Crippen LogP contribution is 2.30. The van der Waals surface area contributed by atoms with Crippen molar-refractivity contribution in [2.24, 2.45) is 0 Å². The first-order valence-corrected chi connectivity index (χ1v) is 9.42. The lowest BCUT2D eigenvalue weighted by atomic mass is 10.0. The number of esters is 1. The average Bonchev–Trinajstić information content (AvgIpc) is 3.12. The zero-order valence-corrected chi connectivity index (χ0v) is 16.3. The van der Waals surface area contributed by atoms with Gasteiger partial charge in [0.15, 0.2) is 6.61 Å². The van der Waals surface area contributed by atoms with E-state index in [1.165, 1.54) is 0 Å². The van der Waals surface area contributed by atoms with Crippen LogP contribution in [0.2, 0.25) is 0 Å². The summed E-state index contributed by atoms with van der Waals surface area (Å²) in [7, 11) is 0. The van der Waals surface area contributed by atoms with Gasteiger partial charge in [0.25, 0.3) is 5.91 Å². The van der Waals surface area contributed by atoms with E-state index in [0.717, 1.165) is 38.4 Å². The lowest BCUT2D eigenvalue weighted by molar-refractivity contribution is -0.146. The molecule has 0 saturated heterocycles. The van der Waals surface area contributed by atoms with Crippen LogP contribution >= 0.6 is 0 Å². The standard InChI is InChI=1S/C24H21NO4/c1-15-7-9-20(16(2)11-15)25-22(26)14-29-23(27)12-18-13-28-21-10-8-17-5-3-4-6-19(17)24(18)21/h3-11,13H,12,14H2,1-2H3,(H,25,26). The first-order chi connectivity index (χ1) is 14.0. The number of ether oxygens (including phenoxy) is 1. The lowest BCUT2D eigenvalue weighted by Crippen LogP contribution is -2.22. The van der Waals surface area contributed by atoms with Crippen molar-refractivity contribution in [2.45, 2.75) is 20.3 Å². The van der Waals surface area contributed by atoms with Gasteiger partial charge in [-0.1, -0.05) is 48.0 Å². The summed E-state index contributed by atoms with van der Waals surface area (Å²) in [6, 6.07) is 17.6. The van der Waals surface area contributed by atoms with E-state index in [9.17, 15) is 9.59 Å². The van der Waals surface area contributed by atoms with Crippen LogP contribution in [0, 0.1) is 13.8 Å². The van der Waals surface area contributed by atoms with Crippen LogP contribution in [0.1, 0.15) is 16.7 Å². The molecule has 0 saturated carbocycles. The van der Waals surface area contributed by atoms with Gasteiger partial charge in [0.05, 0.1) is 12.7 Å². The molecule has 146 valence electrons. The highest BCUT2D eigenvalue weighted by molar-refractivity contribution is 6.08. The Morgan fingerprint density at radius 3 is 2.69 bits per heavy atom. The van der Waals surface area contributed by atoms with E-state index in [-0.39, 0.29) is 18.9 Å². The Balaban J connectivity index is 1.42. The number of amides is 1. The number of furan rings is 1. The van der Waals surface area contributed by atoms with Crippen molar-refractivity contribution in [1.82, 2.24) is 0 Å². The maximum absolute atomic E-state index is 12.3. The Labute approximate surface area is 168 Å². The Bertz CT molecular complexity index is 1220. The largest absolute Gasteiger partial charge is 0.464 e. The molecule has 1 amide bonds. The fourth-order valence-corrected chi connectivity index (χ4v) is 3.50. The van der Waals surface area contributed by atoms with Gasteiger partial charge in [-0.15, -0.1) is 0 Å². The van der Waals surface area contributed by atoms with Gasteiger partial charge in [-0.3, -0.25) is 9.59 Å². The van der Waals surface area contributed by atoms with Crippen molar-refractivity contribution in [3.63, 3.8) is 0 Å². The van der Waals surface area contributed by atoms with Crippen LogP contribution in [0.25, 0.3) is 21.7 Å². The van der Waals surface area contributed by atoms with E-state index in [2.05, 4.69) is 5.32 Å². The minimum Gasteiger partial charge on any atom is -0.464 e. The predicted octanol–water partition coefficient (Wildman–Crippen LogP) is 4.93. The second-order valence-electron chi connectivity index (χ2n) is 7.12. The second kappa shape index (κ2) is 7.80. The molecule has 1 heterocycles. The number of hydrogen-bond donors (Lipinski definition) is 1. The van der Waals surface area contributed by atoms with Gasteiger partial charge in [0, 0.05) is 16.6 Å². The third kappa shape index (κ3) is 3.99. The average molecular weight is 387 g/mol. The summed E-state index contributed by atoms with van der Waals surface area (Å²) in [4.78, 5) is 24.5. The zero-order chi connectivity index (χ0) is 20.4. The molecule has 29 heavy (non-hydrogen) atoms. The number of fused-ring (bicyclic) bond motifs is 3. The maximum atomic E-state index is 12.3. The molecule has 0 aliphatic rings. The number of anilines is 1. The first-order valence-electron chi connectivity index (χ1n) is 9.42. The van der Waals surface area contributed by atoms with Crippen molar-refractivity contribution in [1.29, 1.82) is 0 Å². The Morgan fingerprint density at radius 1 is 1.03 bits per heavy atom. The molecule has 4 rings (SSSR count). The molecule has 4 aromatic rings. The van der Waals surface area contributed by atoms with E-state index in [4.69, 9.17) is 9.15 Å². The van der Waals surface area contributed by atoms with Gasteiger partial charge in [-0.25, -0.2) is 0 Å². The number of aryl methyl sites for hydroxylation is 2. The minimum absolute atomic E-state index is 0.0395. The molecule has 1 N–H and O–H groups in total. The van der Waals surface area contributed by atoms with Crippen molar-refractivity contribution >= 4 is 39.3 Å². The highest BCUT2D eigenvalue weighted by Gasteiger charge is 2.15. The van der Waals surface area contributed by atoms with E-state index in [0.29, 0.717) is 5.69 Å². The summed E-state index contributed by atoms with van der Waals surface area (Å²) in [5.74, 6) is -0.843. The molecule has 1 aromatic heterocycles. The van der Waals surface area contributed by atoms with Gasteiger partial charge in [-0.2, -0.15) is 0 Å². The third-order valence-electron chi connectivity index (χ3n) is 4.90. The zero-order valence-electron chi connectivity index (χ0n) is 16.3. The fourth-order valence-electron chi connectivity index (χ4n) is 3.50. The molecular weight excluding hydrogens is 366 g/mol. The molecule has 0 unspecified atom stereocenters. The molecule has 5 heteroatoms. The molecular formula is C24H21NO4. The minimum atomic E-state index is -0.476. The van der Waals surface area contributed by atoms with Crippen LogP contribution in [0.3, 0.4) is 0 Å². The molecule has 3 aromatic carbocycles. The SMILES string of the molecule is Cc1ccc(NC(=O)COC(=O)Cc2coc3ccc4ccccc4c23)c(C)c1. The molecule has 0 atom stereocenters. The van der Waals surface area contributed by atoms with Crippen LogP contribution in [0.5, 0.6) is 0 Å². The van der Waals surface area contributed by atoms with E-state index >= 15 is 0 Å². The van der Waals surface area contributed by atoms with Gasteiger partial charge in [0.2, 0.25) is 0 Å². The summed E-state index contributed by atoms with van der Waals surface area (Å²) in [5, 5.41) is 5.77. The van der Waals surface area contributed by atoms with E-state index < -0.39 is 5.97 Å². The molecule has 5 nitrogen and oxygen atoms in total. The van der Waals surface area contributed by atoms with Crippen LogP contribution in [-0.4, -0.2) is 18.5 Å². The van der Waals surface area contributed by atoms with E-state index in [1.807, 2.05) is 68.4 Å². The quantitative estimate of drug-likeness (QED) is 0.493. The number of hydrogen-bond acceptors (Lipinski definition) is 4. The second-order valence-corrected chi connectivity index (χ2v) is 7.12. The van der Waals surface area contributed by atoms with Crippen molar-refractivity contribution < 1.29 is 18.7 Å². The van der Waals surface area contributed by atoms with E-state index in [1.54, 1.807) is 6.26 Å². The van der Waals surface area contributed by atoms with Crippen molar-refractivity contribution in [3.05, 3.63) is 77.6 Å². The summed E-state index contributed by atoms with van der Waals surface area (Å²) in [5.41, 5.74) is 4.26. The van der Waals surface area contributed by atoms with Crippen LogP contribution < -0.4 is 5.32 Å². The Kier molecular flexibility index (Phi) is 5.04.